The Hall–Kier alpha value is -1.87. The molecule has 2 rings (SSSR count). The molecule has 2 aromatic rings. The first-order chi connectivity index (χ1) is 10.1. The van der Waals surface area contributed by atoms with Crippen LogP contribution in [-0.4, -0.2) is 6.54 Å². The molecule has 0 unspecified atom stereocenters. The van der Waals surface area contributed by atoms with E-state index in [1.54, 1.807) is 25.1 Å². The summed E-state index contributed by atoms with van der Waals surface area (Å²) < 4.78 is 19.6. The number of aryl methyl sites for hydroxylation is 2. The topological polar surface area (TPSA) is 21.3 Å². The van der Waals surface area contributed by atoms with Gasteiger partial charge in [-0.1, -0.05) is 25.1 Å². The van der Waals surface area contributed by atoms with E-state index in [9.17, 15) is 4.39 Å². The lowest BCUT2D eigenvalue weighted by Gasteiger charge is -2.11. The Labute approximate surface area is 126 Å². The van der Waals surface area contributed by atoms with Crippen LogP contribution in [-0.2, 0) is 6.54 Å². The Kier molecular flexibility index (Phi) is 5.34. The second-order valence-corrected chi connectivity index (χ2v) is 5.25. The fourth-order valence-electron chi connectivity index (χ4n) is 2.16. The van der Waals surface area contributed by atoms with Crippen molar-refractivity contribution in [2.24, 2.45) is 0 Å². The Morgan fingerprint density at radius 2 is 1.90 bits per heavy atom. The third-order valence-electron chi connectivity index (χ3n) is 3.44. The molecule has 0 saturated heterocycles. The van der Waals surface area contributed by atoms with E-state index < -0.39 is 0 Å². The molecule has 0 fully saturated rings. The third-order valence-corrected chi connectivity index (χ3v) is 3.44. The molecule has 0 spiro atoms. The Morgan fingerprint density at radius 3 is 2.62 bits per heavy atom. The molecule has 0 amide bonds. The minimum Gasteiger partial charge on any atom is -0.454 e. The number of nitrogens with one attached hydrogen (secondary N) is 1. The zero-order chi connectivity index (χ0) is 15.2. The number of halogens is 1. The Bertz CT molecular complexity index is 610. The maximum atomic E-state index is 13.9. The molecular weight excluding hydrogens is 265 g/mol. The number of hydrogen-bond acceptors (Lipinski definition) is 2. The van der Waals surface area contributed by atoms with E-state index in [4.69, 9.17) is 4.74 Å². The summed E-state index contributed by atoms with van der Waals surface area (Å²) in [7, 11) is 0. The zero-order valence-corrected chi connectivity index (χ0v) is 12.9. The zero-order valence-electron chi connectivity index (χ0n) is 12.9. The molecule has 2 aromatic carbocycles. The summed E-state index contributed by atoms with van der Waals surface area (Å²) in [5, 5.41) is 3.38. The van der Waals surface area contributed by atoms with Gasteiger partial charge in [-0.25, -0.2) is 4.39 Å². The average molecular weight is 287 g/mol. The quantitative estimate of drug-likeness (QED) is 0.775. The van der Waals surface area contributed by atoms with E-state index in [0.717, 1.165) is 25.1 Å². The van der Waals surface area contributed by atoms with Crippen molar-refractivity contribution >= 4 is 0 Å². The largest absolute Gasteiger partial charge is 0.454 e. The van der Waals surface area contributed by atoms with Crippen LogP contribution in [0.4, 0.5) is 4.39 Å². The minimum atomic E-state index is -0.302. The normalized spacial score (nSPS) is 10.7. The molecule has 21 heavy (non-hydrogen) atoms. The summed E-state index contributed by atoms with van der Waals surface area (Å²) in [4.78, 5) is 0. The van der Waals surface area contributed by atoms with Crippen molar-refractivity contribution in [3.63, 3.8) is 0 Å². The molecule has 1 N–H and O–H groups in total. The summed E-state index contributed by atoms with van der Waals surface area (Å²) in [6, 6.07) is 11.0. The summed E-state index contributed by atoms with van der Waals surface area (Å²) in [5.74, 6) is 0.631. The van der Waals surface area contributed by atoms with E-state index >= 15 is 0 Å². The van der Waals surface area contributed by atoms with Gasteiger partial charge in [-0.05, 0) is 61.7 Å². The van der Waals surface area contributed by atoms with Crippen molar-refractivity contribution < 1.29 is 9.13 Å². The molecule has 112 valence electrons. The van der Waals surface area contributed by atoms with E-state index in [1.165, 1.54) is 5.56 Å². The van der Waals surface area contributed by atoms with E-state index in [-0.39, 0.29) is 11.6 Å². The summed E-state index contributed by atoms with van der Waals surface area (Å²) in [5.41, 5.74) is 2.97. The van der Waals surface area contributed by atoms with Crippen molar-refractivity contribution in [1.29, 1.82) is 0 Å². The van der Waals surface area contributed by atoms with Gasteiger partial charge in [0.1, 0.15) is 5.75 Å². The first-order valence-corrected chi connectivity index (χ1v) is 7.35. The molecule has 0 saturated carbocycles. The van der Waals surface area contributed by atoms with Gasteiger partial charge in [0.15, 0.2) is 11.6 Å². The Morgan fingerprint density at radius 1 is 1.10 bits per heavy atom. The number of benzene rings is 2. The molecule has 0 aliphatic rings. The Balaban J connectivity index is 2.11. The van der Waals surface area contributed by atoms with Gasteiger partial charge < -0.3 is 10.1 Å². The van der Waals surface area contributed by atoms with Gasteiger partial charge in [-0.15, -0.1) is 0 Å². The molecule has 0 aliphatic heterocycles. The molecular formula is C18H22FNO. The predicted molar refractivity (Wildman–Crippen MR) is 84.4 cm³/mol. The van der Waals surface area contributed by atoms with Crippen LogP contribution in [0.25, 0.3) is 0 Å². The van der Waals surface area contributed by atoms with Crippen molar-refractivity contribution in [3.8, 4) is 11.5 Å². The van der Waals surface area contributed by atoms with Crippen LogP contribution in [0, 0.1) is 19.7 Å². The summed E-state index contributed by atoms with van der Waals surface area (Å²) in [6.45, 7) is 7.77. The molecule has 0 aliphatic carbocycles. The molecule has 0 heterocycles. The lowest BCUT2D eigenvalue weighted by atomic mass is 10.1. The molecule has 0 aromatic heterocycles. The van der Waals surface area contributed by atoms with Gasteiger partial charge in [0.2, 0.25) is 0 Å². The highest BCUT2D eigenvalue weighted by molar-refractivity contribution is 5.39. The summed E-state index contributed by atoms with van der Waals surface area (Å²) >= 11 is 0. The molecule has 2 nitrogen and oxygen atoms in total. The van der Waals surface area contributed by atoms with Crippen molar-refractivity contribution in [3.05, 3.63) is 58.9 Å². The lowest BCUT2D eigenvalue weighted by molar-refractivity contribution is 0.439. The van der Waals surface area contributed by atoms with Crippen molar-refractivity contribution in [1.82, 2.24) is 5.32 Å². The number of hydrogen-bond donors (Lipinski definition) is 1. The number of rotatable bonds is 6. The average Bonchev–Trinajstić information content (AvgIpc) is 2.46. The van der Waals surface area contributed by atoms with Crippen LogP contribution >= 0.6 is 0 Å². The monoisotopic (exact) mass is 287 g/mol. The summed E-state index contributed by atoms with van der Waals surface area (Å²) in [6.07, 6.45) is 1.12. The van der Waals surface area contributed by atoms with Crippen LogP contribution in [0.3, 0.4) is 0 Å². The lowest BCUT2D eigenvalue weighted by Crippen LogP contribution is -2.14. The van der Waals surface area contributed by atoms with Crippen LogP contribution < -0.4 is 10.1 Å². The van der Waals surface area contributed by atoms with Crippen LogP contribution in [0.15, 0.2) is 36.4 Å². The molecule has 0 bridgehead atoms. The first kappa shape index (κ1) is 15.5. The maximum absolute atomic E-state index is 13.9. The highest BCUT2D eigenvalue weighted by Gasteiger charge is 2.08. The van der Waals surface area contributed by atoms with E-state index in [0.29, 0.717) is 11.3 Å². The van der Waals surface area contributed by atoms with Gasteiger partial charge in [0, 0.05) is 6.54 Å². The maximum Gasteiger partial charge on any atom is 0.168 e. The van der Waals surface area contributed by atoms with E-state index in [1.807, 2.05) is 25.1 Å². The van der Waals surface area contributed by atoms with Gasteiger partial charge in [0.05, 0.1) is 0 Å². The van der Waals surface area contributed by atoms with Gasteiger partial charge >= 0.3 is 0 Å². The van der Waals surface area contributed by atoms with E-state index in [2.05, 4.69) is 12.2 Å². The van der Waals surface area contributed by atoms with Crippen LogP contribution in [0.5, 0.6) is 11.5 Å². The molecule has 3 heteroatoms. The standard InChI is InChI=1S/C18H22FNO/c1-4-10-20-12-15-8-9-16(11-14(15)3)21-17-7-5-6-13(2)18(17)19/h5-9,11,20H,4,10,12H2,1-3H3. The van der Waals surface area contributed by atoms with Crippen molar-refractivity contribution in [2.45, 2.75) is 33.7 Å². The fourth-order valence-corrected chi connectivity index (χ4v) is 2.16. The van der Waals surface area contributed by atoms with Crippen LogP contribution in [0.2, 0.25) is 0 Å². The first-order valence-electron chi connectivity index (χ1n) is 7.35. The van der Waals surface area contributed by atoms with Gasteiger partial charge in [0.25, 0.3) is 0 Å². The highest BCUT2D eigenvalue weighted by Crippen LogP contribution is 2.27. The number of ether oxygens (including phenoxy) is 1. The fraction of sp³-hybridized carbons (Fsp3) is 0.333. The minimum absolute atomic E-state index is 0.270. The second kappa shape index (κ2) is 7.23. The second-order valence-electron chi connectivity index (χ2n) is 5.25. The SMILES string of the molecule is CCCNCc1ccc(Oc2cccc(C)c2F)cc1C. The smallest absolute Gasteiger partial charge is 0.168 e. The van der Waals surface area contributed by atoms with Crippen LogP contribution in [0.1, 0.15) is 30.0 Å². The van der Waals surface area contributed by atoms with Gasteiger partial charge in [-0.2, -0.15) is 0 Å². The molecule has 0 radical (unpaired) electrons. The highest BCUT2D eigenvalue weighted by atomic mass is 19.1. The predicted octanol–water partition coefficient (Wildman–Crippen LogP) is 4.73. The molecule has 0 atom stereocenters. The third kappa shape index (κ3) is 4.05. The van der Waals surface area contributed by atoms with Gasteiger partial charge in [-0.3, -0.25) is 0 Å². The van der Waals surface area contributed by atoms with Crippen molar-refractivity contribution in [2.75, 3.05) is 6.54 Å².